The van der Waals surface area contributed by atoms with Crippen LogP contribution in [0.15, 0.2) is 0 Å². The lowest BCUT2D eigenvalue weighted by Crippen LogP contribution is -2.51. The fraction of sp³-hybridized carbons (Fsp3) is 1.00. The third-order valence-corrected chi connectivity index (χ3v) is 4.12. The first-order valence-electron chi connectivity index (χ1n) is 7.01. The molecule has 3 nitrogen and oxygen atoms in total. The van der Waals surface area contributed by atoms with Gasteiger partial charge in [0.2, 0.25) is 0 Å². The van der Waals surface area contributed by atoms with E-state index in [4.69, 9.17) is 0 Å². The molecule has 0 aromatic heterocycles. The van der Waals surface area contributed by atoms with Gasteiger partial charge in [0.15, 0.2) is 0 Å². The van der Waals surface area contributed by atoms with Gasteiger partial charge in [0.05, 0.1) is 0 Å². The van der Waals surface area contributed by atoms with Crippen LogP contribution in [0.4, 0.5) is 0 Å². The molecule has 0 unspecified atom stereocenters. The van der Waals surface area contributed by atoms with Gasteiger partial charge in [-0.25, -0.2) is 5.01 Å². The summed E-state index contributed by atoms with van der Waals surface area (Å²) in [5.41, 5.74) is 3.60. The quantitative estimate of drug-likeness (QED) is 0.786. The van der Waals surface area contributed by atoms with E-state index in [1.807, 2.05) is 0 Å². The number of likely N-dealkylation sites (N-methyl/N-ethyl adjacent to an activating group) is 1. The largest absolute Gasteiger partial charge is 0.304 e. The third-order valence-electron chi connectivity index (χ3n) is 4.12. The van der Waals surface area contributed by atoms with Crippen LogP contribution in [0.1, 0.15) is 38.5 Å². The van der Waals surface area contributed by atoms with E-state index in [0.717, 1.165) is 5.92 Å². The van der Waals surface area contributed by atoms with Crippen molar-refractivity contribution < 1.29 is 0 Å². The van der Waals surface area contributed by atoms with E-state index in [0.29, 0.717) is 0 Å². The van der Waals surface area contributed by atoms with Crippen LogP contribution in [-0.2, 0) is 0 Å². The van der Waals surface area contributed by atoms with Crippen molar-refractivity contribution in [2.75, 3.05) is 39.8 Å². The molecule has 16 heavy (non-hydrogen) atoms. The van der Waals surface area contributed by atoms with Crippen molar-refractivity contribution in [2.24, 2.45) is 5.92 Å². The van der Waals surface area contributed by atoms with Gasteiger partial charge in [0.25, 0.3) is 0 Å². The van der Waals surface area contributed by atoms with Gasteiger partial charge in [-0.15, -0.1) is 0 Å². The van der Waals surface area contributed by atoms with Gasteiger partial charge in [-0.2, -0.15) is 0 Å². The Morgan fingerprint density at radius 3 is 2.38 bits per heavy atom. The smallest absolute Gasteiger partial charge is 0.0259 e. The van der Waals surface area contributed by atoms with Crippen molar-refractivity contribution in [1.82, 2.24) is 15.3 Å². The van der Waals surface area contributed by atoms with Gasteiger partial charge in [0, 0.05) is 32.7 Å². The molecule has 1 saturated carbocycles. The minimum absolute atomic E-state index is 1.01. The molecule has 0 spiro atoms. The fourth-order valence-corrected chi connectivity index (χ4v) is 2.87. The molecule has 1 heterocycles. The molecule has 2 rings (SSSR count). The van der Waals surface area contributed by atoms with Crippen LogP contribution in [0, 0.1) is 5.92 Å². The molecule has 2 fully saturated rings. The third kappa shape index (κ3) is 4.04. The monoisotopic (exact) mass is 225 g/mol. The van der Waals surface area contributed by atoms with Crippen LogP contribution in [0.2, 0.25) is 0 Å². The predicted octanol–water partition coefficient (Wildman–Crippen LogP) is 1.71. The number of hydrogen-bond acceptors (Lipinski definition) is 3. The second kappa shape index (κ2) is 6.58. The summed E-state index contributed by atoms with van der Waals surface area (Å²) in [5.74, 6) is 1.01. The van der Waals surface area contributed by atoms with Gasteiger partial charge in [-0.05, 0) is 19.4 Å². The van der Waals surface area contributed by atoms with Crippen molar-refractivity contribution in [2.45, 2.75) is 38.5 Å². The highest BCUT2D eigenvalue weighted by atomic mass is 15.5. The molecule has 0 radical (unpaired) electrons. The van der Waals surface area contributed by atoms with Gasteiger partial charge >= 0.3 is 0 Å². The van der Waals surface area contributed by atoms with E-state index >= 15 is 0 Å². The summed E-state index contributed by atoms with van der Waals surface area (Å²) in [6, 6.07) is 0. The van der Waals surface area contributed by atoms with Gasteiger partial charge in [0.1, 0.15) is 0 Å². The maximum absolute atomic E-state index is 3.60. The van der Waals surface area contributed by atoms with Crippen molar-refractivity contribution >= 4 is 0 Å². The Hall–Kier alpha value is -0.120. The highest BCUT2D eigenvalue weighted by Gasteiger charge is 2.15. The van der Waals surface area contributed by atoms with Crippen molar-refractivity contribution in [3.05, 3.63) is 0 Å². The Morgan fingerprint density at radius 1 is 1.00 bits per heavy atom. The zero-order valence-electron chi connectivity index (χ0n) is 10.7. The molecule has 0 aromatic rings. The molecule has 0 bridgehead atoms. The Labute approximate surface area is 100 Å². The Morgan fingerprint density at radius 2 is 1.69 bits per heavy atom. The topological polar surface area (TPSA) is 18.5 Å². The van der Waals surface area contributed by atoms with E-state index < -0.39 is 0 Å². The number of nitrogens with zero attached hydrogens (tertiary/aromatic N) is 2. The summed E-state index contributed by atoms with van der Waals surface area (Å²) in [6.45, 7) is 5.96. The first-order chi connectivity index (χ1) is 7.84. The second-order valence-electron chi connectivity index (χ2n) is 5.49. The predicted molar refractivity (Wildman–Crippen MR) is 68.3 cm³/mol. The molecule has 1 N–H and O–H groups in total. The summed E-state index contributed by atoms with van der Waals surface area (Å²) in [7, 11) is 2.21. The van der Waals surface area contributed by atoms with Crippen LogP contribution in [-0.4, -0.2) is 49.7 Å². The summed E-state index contributed by atoms with van der Waals surface area (Å²) < 4.78 is 0. The average molecular weight is 225 g/mol. The molecule has 0 atom stereocenters. The van der Waals surface area contributed by atoms with E-state index in [9.17, 15) is 0 Å². The van der Waals surface area contributed by atoms with Crippen LogP contribution >= 0.6 is 0 Å². The Balaban J connectivity index is 1.53. The van der Waals surface area contributed by atoms with E-state index in [1.165, 1.54) is 71.2 Å². The summed E-state index contributed by atoms with van der Waals surface area (Å²) in [4.78, 5) is 2.40. The maximum atomic E-state index is 3.60. The standard InChI is InChI=1S/C13H27N3/c1-15-9-11-16(12-10-15)14-8-7-13-5-3-2-4-6-13/h13-14H,2-12H2,1H3. The SMILES string of the molecule is CN1CCN(NCCC2CCCCC2)CC1. The van der Waals surface area contributed by atoms with Crippen LogP contribution < -0.4 is 5.43 Å². The van der Waals surface area contributed by atoms with Crippen molar-refractivity contribution in [3.8, 4) is 0 Å². The lowest BCUT2D eigenvalue weighted by molar-refractivity contribution is 0.101. The second-order valence-corrected chi connectivity index (χ2v) is 5.49. The van der Waals surface area contributed by atoms with E-state index in [-0.39, 0.29) is 0 Å². The molecule has 1 aliphatic carbocycles. The molecule has 94 valence electrons. The highest BCUT2D eigenvalue weighted by Crippen LogP contribution is 2.25. The first kappa shape index (κ1) is 12.3. The molecule has 1 aliphatic heterocycles. The van der Waals surface area contributed by atoms with Crippen molar-refractivity contribution in [1.29, 1.82) is 0 Å². The van der Waals surface area contributed by atoms with Gasteiger partial charge in [-0.1, -0.05) is 32.1 Å². The van der Waals surface area contributed by atoms with E-state index in [1.54, 1.807) is 0 Å². The van der Waals surface area contributed by atoms with Crippen LogP contribution in [0.3, 0.4) is 0 Å². The lowest BCUT2D eigenvalue weighted by Gasteiger charge is -2.33. The molecule has 0 amide bonds. The molecular formula is C13H27N3. The summed E-state index contributed by atoms with van der Waals surface area (Å²) in [6.07, 6.45) is 8.75. The minimum Gasteiger partial charge on any atom is -0.304 e. The molecular weight excluding hydrogens is 198 g/mol. The normalized spacial score (nSPS) is 26.1. The first-order valence-corrected chi connectivity index (χ1v) is 7.01. The number of nitrogens with one attached hydrogen (secondary N) is 1. The number of hydrazine groups is 1. The molecule has 2 aliphatic rings. The summed E-state index contributed by atoms with van der Waals surface area (Å²) in [5, 5.41) is 2.41. The molecule has 1 saturated heterocycles. The number of piperazine rings is 1. The molecule has 3 heteroatoms. The Bertz CT molecular complexity index is 182. The minimum atomic E-state index is 1.01. The van der Waals surface area contributed by atoms with Gasteiger partial charge in [-0.3, -0.25) is 5.43 Å². The highest BCUT2D eigenvalue weighted by molar-refractivity contribution is 4.69. The lowest BCUT2D eigenvalue weighted by atomic mass is 9.87. The molecule has 0 aromatic carbocycles. The van der Waals surface area contributed by atoms with E-state index in [2.05, 4.69) is 22.4 Å². The average Bonchev–Trinajstić information content (AvgIpc) is 2.33. The maximum Gasteiger partial charge on any atom is 0.0259 e. The Kier molecular flexibility index (Phi) is 5.07. The summed E-state index contributed by atoms with van der Waals surface area (Å²) >= 11 is 0. The van der Waals surface area contributed by atoms with Crippen LogP contribution in [0.25, 0.3) is 0 Å². The van der Waals surface area contributed by atoms with Gasteiger partial charge < -0.3 is 4.90 Å². The fourth-order valence-electron chi connectivity index (χ4n) is 2.87. The van der Waals surface area contributed by atoms with Crippen LogP contribution in [0.5, 0.6) is 0 Å². The number of hydrogen-bond donors (Lipinski definition) is 1. The zero-order chi connectivity index (χ0) is 11.2. The van der Waals surface area contributed by atoms with Crippen molar-refractivity contribution in [3.63, 3.8) is 0 Å². The number of rotatable bonds is 4. The zero-order valence-corrected chi connectivity index (χ0v) is 10.7.